The van der Waals surface area contributed by atoms with E-state index in [1.807, 2.05) is 28.1 Å². The highest BCUT2D eigenvalue weighted by atomic mass is 16.4. The molecule has 0 fully saturated rings. The van der Waals surface area contributed by atoms with E-state index in [0.717, 1.165) is 19.3 Å². The van der Waals surface area contributed by atoms with Crippen molar-refractivity contribution in [3.05, 3.63) is 57.4 Å². The monoisotopic (exact) mass is 1210 g/mol. The number of unbranched alkanes of at least 4 members (excludes halogenated alkanes) is 48. The van der Waals surface area contributed by atoms with Gasteiger partial charge >= 0.3 is 0 Å². The summed E-state index contributed by atoms with van der Waals surface area (Å²) in [5, 5.41) is 20.2. The third kappa shape index (κ3) is 44.5. The Morgan fingerprint density at radius 2 is 0.575 bits per heavy atom. The van der Waals surface area contributed by atoms with Gasteiger partial charge < -0.3 is 15.0 Å². The Hall–Kier alpha value is -2.69. The predicted molar refractivity (Wildman–Crippen MR) is 380 cm³/mol. The molecule has 0 amide bonds. The maximum atomic E-state index is 12.0. The van der Waals surface area contributed by atoms with E-state index in [9.17, 15) is 19.8 Å². The standard InChI is InChI=1S/C65H126N.C17H24O4/c1-7-13-19-25-31-37-43-49-55-61-62(56-50-44-38-32-26-20-14-8-2)64(58-52-46-40-34-28-22-16-10-4)66(60-54-48-42-36-30-24-18-12-6)65(59-53-47-41-35-29-23-17-11-5)63(61)57-51-45-39-33-27-21-15-9-3;1-2-3-4-5-6-7-8-9-15(18)13-10-11-16(19)14(12-13)17(20)21/h7-60H2,1-6H3;10-12,19H,2-9H2,1H3,(H,20,21)/q+1;/p-1. The molecule has 0 atom stereocenters. The van der Waals surface area contributed by atoms with E-state index in [1.165, 1.54) is 391 Å². The van der Waals surface area contributed by atoms with Crippen LogP contribution >= 0.6 is 0 Å². The van der Waals surface area contributed by atoms with Crippen LogP contribution in [0.4, 0.5) is 0 Å². The number of phenols is 1. The van der Waals surface area contributed by atoms with Gasteiger partial charge in [-0.2, -0.15) is 4.57 Å². The van der Waals surface area contributed by atoms with Crippen LogP contribution in [0.3, 0.4) is 0 Å². The first-order chi connectivity index (χ1) is 42.7. The lowest BCUT2D eigenvalue weighted by molar-refractivity contribution is -0.712. The minimum atomic E-state index is -1.47. The van der Waals surface area contributed by atoms with Crippen molar-refractivity contribution in [3.8, 4) is 5.75 Å². The zero-order valence-electron chi connectivity index (χ0n) is 59.7. The molecule has 1 heterocycles. The number of pyridine rings is 1. The summed E-state index contributed by atoms with van der Waals surface area (Å²) < 4.78 is 3.12. The number of hydrogen-bond acceptors (Lipinski definition) is 4. The molecule has 0 spiro atoms. The molecule has 2 aromatic rings. The van der Waals surface area contributed by atoms with Gasteiger partial charge in [-0.25, -0.2) is 0 Å². The largest absolute Gasteiger partial charge is 0.545 e. The van der Waals surface area contributed by atoms with E-state index < -0.39 is 5.97 Å². The van der Waals surface area contributed by atoms with Crippen LogP contribution in [0.15, 0.2) is 18.2 Å². The number of benzene rings is 1. The molecule has 87 heavy (non-hydrogen) atoms. The minimum absolute atomic E-state index is 0.0916. The van der Waals surface area contributed by atoms with Crippen molar-refractivity contribution in [1.29, 1.82) is 0 Å². The highest BCUT2D eigenvalue weighted by Gasteiger charge is 2.29. The average Bonchev–Trinajstić information content (AvgIpc) is 1.68. The van der Waals surface area contributed by atoms with Crippen LogP contribution in [0.5, 0.6) is 5.75 Å². The van der Waals surface area contributed by atoms with Gasteiger partial charge in [0.2, 0.25) is 0 Å². The van der Waals surface area contributed by atoms with Crippen LogP contribution in [-0.2, 0) is 38.6 Å². The number of carbonyl (C=O) groups is 2. The molecule has 506 valence electrons. The number of aromatic carboxylic acids is 1. The number of carbonyl (C=O) groups excluding carboxylic acids is 2. The topological polar surface area (TPSA) is 81.3 Å². The van der Waals surface area contributed by atoms with Crippen molar-refractivity contribution in [3.63, 3.8) is 0 Å². The molecule has 0 unspecified atom stereocenters. The summed E-state index contributed by atoms with van der Waals surface area (Å²) in [5.41, 5.74) is 9.43. The fourth-order valence-electron chi connectivity index (χ4n) is 13.6. The van der Waals surface area contributed by atoms with Gasteiger partial charge in [0.25, 0.3) is 0 Å². The molecule has 0 aliphatic rings. The SMILES string of the molecule is CCCCCCCCCC(=O)c1ccc(O)c(C(=O)[O-])c1.CCCCCCCCCCc1c(CCCCCCCCCC)c(CCCCCCCCCC)[n+](CCCCCCCCCC)c(CCCCCCCCCC)c1CCCCCCCCCC. The summed E-state index contributed by atoms with van der Waals surface area (Å²) >= 11 is 0. The maximum Gasteiger partial charge on any atom is 0.185 e. The molecule has 5 heteroatoms. The first-order valence-electron chi connectivity index (χ1n) is 39.4. The number of hydrogen-bond donors (Lipinski definition) is 1. The highest BCUT2D eigenvalue weighted by molar-refractivity contribution is 5.99. The second-order valence-electron chi connectivity index (χ2n) is 27.4. The van der Waals surface area contributed by atoms with Crippen molar-refractivity contribution in [2.45, 2.75) is 447 Å². The van der Waals surface area contributed by atoms with Crippen molar-refractivity contribution >= 4 is 11.8 Å². The third-order valence-corrected chi connectivity index (χ3v) is 19.2. The van der Waals surface area contributed by atoms with Gasteiger partial charge in [-0.05, 0) is 88.0 Å². The molecule has 0 bridgehead atoms. The highest BCUT2D eigenvalue weighted by Crippen LogP contribution is 2.31. The van der Waals surface area contributed by atoms with Crippen LogP contribution in [0, 0.1) is 0 Å². The summed E-state index contributed by atoms with van der Waals surface area (Å²) in [6.45, 7) is 17.6. The molecule has 1 aromatic carbocycles. The molecular formula is C82H149NO4. The summed E-state index contributed by atoms with van der Waals surface area (Å²) in [7, 11) is 0. The van der Waals surface area contributed by atoms with E-state index in [2.05, 4.69) is 53.0 Å². The van der Waals surface area contributed by atoms with E-state index in [1.54, 1.807) is 0 Å². The number of aromatic hydroxyl groups is 1. The van der Waals surface area contributed by atoms with Crippen molar-refractivity contribution in [2.24, 2.45) is 0 Å². The van der Waals surface area contributed by atoms with Crippen LogP contribution in [0.2, 0.25) is 0 Å². The quantitative estimate of drug-likeness (QED) is 0.0406. The normalized spacial score (nSPS) is 11.4. The molecule has 0 saturated carbocycles. The zero-order valence-corrected chi connectivity index (χ0v) is 59.7. The molecule has 0 radical (unpaired) electrons. The fraction of sp³-hybridized carbons (Fsp3) is 0.841. The van der Waals surface area contributed by atoms with Crippen molar-refractivity contribution < 1.29 is 24.4 Å². The maximum absolute atomic E-state index is 12.0. The van der Waals surface area contributed by atoms with Crippen LogP contribution in [0.1, 0.15) is 457 Å². The number of carboxylic acid groups (broad SMARTS) is 1. The Morgan fingerprint density at radius 3 is 0.874 bits per heavy atom. The Balaban J connectivity index is 0.00000151. The Labute approximate surface area is 543 Å². The van der Waals surface area contributed by atoms with E-state index in [4.69, 9.17) is 0 Å². The lowest BCUT2D eigenvalue weighted by Crippen LogP contribution is -2.46. The molecule has 5 nitrogen and oxygen atoms in total. The van der Waals surface area contributed by atoms with E-state index in [-0.39, 0.29) is 17.1 Å². The molecule has 0 saturated heterocycles. The van der Waals surface area contributed by atoms with E-state index in [0.29, 0.717) is 12.0 Å². The van der Waals surface area contributed by atoms with Crippen LogP contribution < -0.4 is 9.67 Å². The number of rotatable bonds is 64. The van der Waals surface area contributed by atoms with Gasteiger partial charge in [0.15, 0.2) is 17.2 Å². The molecule has 1 N–H and O–H groups in total. The second-order valence-corrected chi connectivity index (χ2v) is 27.4. The Bertz CT molecular complexity index is 1610. The molecule has 0 aliphatic heterocycles. The van der Waals surface area contributed by atoms with Crippen LogP contribution in [0.25, 0.3) is 0 Å². The van der Waals surface area contributed by atoms with Gasteiger partial charge in [0.1, 0.15) is 12.3 Å². The summed E-state index contributed by atoms with van der Waals surface area (Å²) in [5.74, 6) is -1.94. The first kappa shape index (κ1) is 82.3. The van der Waals surface area contributed by atoms with Gasteiger partial charge in [-0.3, -0.25) is 4.79 Å². The van der Waals surface area contributed by atoms with Gasteiger partial charge in [-0.15, -0.1) is 0 Å². The summed E-state index contributed by atoms with van der Waals surface area (Å²) in [6.07, 6.45) is 83.6. The smallest absolute Gasteiger partial charge is 0.185 e. The number of nitrogens with zero attached hydrogens (tertiary/aromatic N) is 1. The van der Waals surface area contributed by atoms with Crippen molar-refractivity contribution in [1.82, 2.24) is 0 Å². The number of Topliss-reactive ketones (excluding diaryl/α,β-unsaturated/α-hetero) is 1. The van der Waals surface area contributed by atoms with Gasteiger partial charge in [0.05, 0.1) is 5.97 Å². The number of carboxylic acids is 1. The third-order valence-electron chi connectivity index (χ3n) is 19.2. The number of aromatic nitrogens is 1. The van der Waals surface area contributed by atoms with Gasteiger partial charge in [0, 0.05) is 47.9 Å². The Morgan fingerprint density at radius 1 is 0.322 bits per heavy atom. The zero-order chi connectivity index (χ0) is 63.3. The second kappa shape index (κ2) is 62.1. The van der Waals surface area contributed by atoms with Gasteiger partial charge in [-0.1, -0.05) is 350 Å². The molecule has 1 aromatic heterocycles. The number of ketones is 1. The van der Waals surface area contributed by atoms with Crippen molar-refractivity contribution in [2.75, 3.05) is 0 Å². The fourth-order valence-corrected chi connectivity index (χ4v) is 13.6. The lowest BCUT2D eigenvalue weighted by atomic mass is 9.85. The molecule has 2 rings (SSSR count). The summed E-state index contributed by atoms with van der Waals surface area (Å²) in [4.78, 5) is 22.8. The lowest BCUT2D eigenvalue weighted by Gasteiger charge is -2.23. The molecule has 0 aliphatic carbocycles. The average molecular weight is 1210 g/mol. The predicted octanol–water partition coefficient (Wildman–Crippen LogP) is 25.6. The first-order valence-corrected chi connectivity index (χ1v) is 39.4. The van der Waals surface area contributed by atoms with Crippen LogP contribution in [-0.4, -0.2) is 16.9 Å². The summed E-state index contributed by atoms with van der Waals surface area (Å²) in [6, 6.07) is 3.86. The van der Waals surface area contributed by atoms with E-state index >= 15 is 0 Å². The minimum Gasteiger partial charge on any atom is -0.545 e. The Kier molecular flexibility index (Phi) is 58.8. The molecular weight excluding hydrogens is 1060 g/mol.